The SMILES string of the molecule is C1=c2c(n(-c3ccc4ccccc4c3)c3cc(-c4ccc5c6ccccc6n(-c6ccc(-c7ccccc7)cc6)c5c4)ccc23)=CCC1. The average molecular weight is 613 g/mol. The molecule has 0 bridgehead atoms. The summed E-state index contributed by atoms with van der Waals surface area (Å²) in [5, 5.41) is 9.03. The van der Waals surface area contributed by atoms with Crippen LogP contribution in [0.3, 0.4) is 0 Å². The first-order valence-corrected chi connectivity index (χ1v) is 16.8. The lowest BCUT2D eigenvalue weighted by molar-refractivity contribution is 1.03. The minimum Gasteiger partial charge on any atom is -0.310 e. The Morgan fingerprint density at radius 3 is 1.79 bits per heavy atom. The van der Waals surface area contributed by atoms with Crippen molar-refractivity contribution in [1.29, 1.82) is 0 Å². The Hall–Kier alpha value is -6.12. The summed E-state index contributed by atoms with van der Waals surface area (Å²) in [6.45, 7) is 0. The van der Waals surface area contributed by atoms with E-state index >= 15 is 0 Å². The van der Waals surface area contributed by atoms with Crippen LogP contribution in [0.1, 0.15) is 12.8 Å². The van der Waals surface area contributed by atoms with Gasteiger partial charge in [-0.25, -0.2) is 0 Å². The number of nitrogens with zero attached hydrogens (tertiary/aromatic N) is 2. The first-order chi connectivity index (χ1) is 23.8. The number of para-hydroxylation sites is 1. The van der Waals surface area contributed by atoms with Crippen LogP contribution in [0.25, 0.3) is 89.3 Å². The fourth-order valence-corrected chi connectivity index (χ4v) is 7.83. The fourth-order valence-electron chi connectivity index (χ4n) is 7.83. The molecule has 0 unspecified atom stereocenters. The van der Waals surface area contributed by atoms with Crippen LogP contribution in [-0.2, 0) is 0 Å². The van der Waals surface area contributed by atoms with Crippen molar-refractivity contribution in [3.05, 3.63) is 168 Å². The van der Waals surface area contributed by atoms with E-state index in [1.165, 1.54) is 82.0 Å². The summed E-state index contributed by atoms with van der Waals surface area (Å²) in [5.41, 5.74) is 10.9. The van der Waals surface area contributed by atoms with Crippen molar-refractivity contribution in [2.75, 3.05) is 0 Å². The van der Waals surface area contributed by atoms with Gasteiger partial charge in [-0.2, -0.15) is 0 Å². The maximum absolute atomic E-state index is 2.47. The zero-order chi connectivity index (χ0) is 31.6. The molecule has 1 aliphatic carbocycles. The molecule has 226 valence electrons. The lowest BCUT2D eigenvalue weighted by Gasteiger charge is -2.12. The highest BCUT2D eigenvalue weighted by molar-refractivity contribution is 6.10. The van der Waals surface area contributed by atoms with E-state index in [2.05, 4.69) is 179 Å². The molecule has 10 rings (SSSR count). The van der Waals surface area contributed by atoms with Gasteiger partial charge in [0.05, 0.1) is 16.6 Å². The highest BCUT2D eigenvalue weighted by atomic mass is 15.0. The van der Waals surface area contributed by atoms with Crippen LogP contribution in [0, 0.1) is 0 Å². The summed E-state index contributed by atoms with van der Waals surface area (Å²) in [4.78, 5) is 0. The van der Waals surface area contributed by atoms with Crippen LogP contribution < -0.4 is 10.6 Å². The van der Waals surface area contributed by atoms with E-state index in [1.807, 2.05) is 0 Å². The lowest BCUT2D eigenvalue weighted by Crippen LogP contribution is -2.30. The van der Waals surface area contributed by atoms with Crippen LogP contribution >= 0.6 is 0 Å². The molecule has 2 nitrogen and oxygen atoms in total. The highest BCUT2D eigenvalue weighted by Crippen LogP contribution is 2.36. The molecule has 48 heavy (non-hydrogen) atoms. The average Bonchev–Trinajstić information content (AvgIpc) is 3.67. The molecule has 2 heteroatoms. The van der Waals surface area contributed by atoms with Crippen LogP contribution in [0.5, 0.6) is 0 Å². The van der Waals surface area contributed by atoms with Gasteiger partial charge in [0.25, 0.3) is 0 Å². The van der Waals surface area contributed by atoms with E-state index in [0.717, 1.165) is 18.5 Å². The van der Waals surface area contributed by atoms with E-state index in [9.17, 15) is 0 Å². The largest absolute Gasteiger partial charge is 0.310 e. The van der Waals surface area contributed by atoms with Crippen molar-refractivity contribution in [3.8, 4) is 33.6 Å². The molecule has 0 radical (unpaired) electrons. The van der Waals surface area contributed by atoms with Crippen molar-refractivity contribution < 1.29 is 0 Å². The van der Waals surface area contributed by atoms with Crippen LogP contribution in [0.15, 0.2) is 158 Å². The zero-order valence-electron chi connectivity index (χ0n) is 26.5. The van der Waals surface area contributed by atoms with Crippen LogP contribution in [0.4, 0.5) is 0 Å². The molecule has 0 aliphatic heterocycles. The van der Waals surface area contributed by atoms with E-state index in [4.69, 9.17) is 0 Å². The topological polar surface area (TPSA) is 9.86 Å². The monoisotopic (exact) mass is 612 g/mol. The van der Waals surface area contributed by atoms with Gasteiger partial charge in [0.2, 0.25) is 0 Å². The van der Waals surface area contributed by atoms with Gasteiger partial charge in [0, 0.05) is 38.1 Å². The number of aromatic nitrogens is 2. The van der Waals surface area contributed by atoms with Crippen LogP contribution in [0.2, 0.25) is 0 Å². The van der Waals surface area contributed by atoms with Crippen molar-refractivity contribution in [2.24, 2.45) is 0 Å². The normalized spacial score (nSPS) is 12.8. The third-order valence-corrected chi connectivity index (χ3v) is 10.1. The summed E-state index contributed by atoms with van der Waals surface area (Å²) in [5.74, 6) is 0. The molecule has 2 aromatic heterocycles. The van der Waals surface area contributed by atoms with Gasteiger partial charge in [-0.05, 0) is 88.3 Å². The Balaban J connectivity index is 1.17. The fraction of sp³-hybridized carbons (Fsp3) is 0.0435. The molecular formula is C46H32N2. The molecule has 1 aliphatic rings. The molecule has 7 aromatic carbocycles. The maximum Gasteiger partial charge on any atom is 0.0547 e. The summed E-state index contributed by atoms with van der Waals surface area (Å²) < 4.78 is 4.89. The number of hydrogen-bond donors (Lipinski definition) is 0. The molecule has 2 heterocycles. The highest BCUT2D eigenvalue weighted by Gasteiger charge is 2.16. The Bertz CT molecular complexity index is 2810. The molecule has 0 fully saturated rings. The van der Waals surface area contributed by atoms with Gasteiger partial charge in [0.15, 0.2) is 0 Å². The first kappa shape index (κ1) is 27.0. The number of fused-ring (bicyclic) bond motifs is 7. The molecular weight excluding hydrogens is 581 g/mol. The third kappa shape index (κ3) is 4.19. The predicted octanol–water partition coefficient (Wildman–Crippen LogP) is 10.6. The van der Waals surface area contributed by atoms with Crippen molar-refractivity contribution in [1.82, 2.24) is 9.13 Å². The van der Waals surface area contributed by atoms with Gasteiger partial charge < -0.3 is 9.13 Å². The molecule has 0 saturated carbocycles. The first-order valence-electron chi connectivity index (χ1n) is 16.8. The standard InChI is InChI=1S/C46H32N2/c1-2-10-31(11-3-1)33-18-23-37(24-19-33)47-43-16-8-6-14-39(43)41-26-21-35(29-45(41)47)36-22-27-42-40-15-7-9-17-44(40)48(46(42)30-36)38-25-20-32-12-4-5-13-34(32)28-38/h1-6,8,10-30H,7,9H2. The van der Waals surface area contributed by atoms with Gasteiger partial charge in [-0.15, -0.1) is 0 Å². The zero-order valence-corrected chi connectivity index (χ0v) is 26.5. The molecule has 0 amide bonds. The summed E-state index contributed by atoms with van der Waals surface area (Å²) in [6.07, 6.45) is 6.98. The summed E-state index contributed by atoms with van der Waals surface area (Å²) in [6, 6.07) is 57.8. The lowest BCUT2D eigenvalue weighted by atomic mass is 10.0. The second-order valence-corrected chi connectivity index (χ2v) is 12.9. The Morgan fingerprint density at radius 1 is 0.354 bits per heavy atom. The van der Waals surface area contributed by atoms with E-state index in [0.29, 0.717) is 0 Å². The molecule has 0 spiro atoms. The summed E-state index contributed by atoms with van der Waals surface area (Å²) >= 11 is 0. The minimum absolute atomic E-state index is 1.07. The van der Waals surface area contributed by atoms with Gasteiger partial charge in [-0.3, -0.25) is 0 Å². The second-order valence-electron chi connectivity index (χ2n) is 12.9. The third-order valence-electron chi connectivity index (χ3n) is 10.1. The number of benzene rings is 7. The minimum atomic E-state index is 1.07. The molecule has 9 aromatic rings. The van der Waals surface area contributed by atoms with Crippen molar-refractivity contribution in [2.45, 2.75) is 12.8 Å². The van der Waals surface area contributed by atoms with E-state index in [1.54, 1.807) is 0 Å². The van der Waals surface area contributed by atoms with Crippen molar-refractivity contribution >= 4 is 55.6 Å². The quantitative estimate of drug-likeness (QED) is 0.187. The van der Waals surface area contributed by atoms with Crippen LogP contribution in [-0.4, -0.2) is 9.13 Å². The second kappa shape index (κ2) is 10.7. The molecule has 0 atom stereocenters. The van der Waals surface area contributed by atoms with E-state index in [-0.39, 0.29) is 0 Å². The predicted molar refractivity (Wildman–Crippen MR) is 203 cm³/mol. The maximum atomic E-state index is 2.47. The summed E-state index contributed by atoms with van der Waals surface area (Å²) in [7, 11) is 0. The Kier molecular flexibility index (Phi) is 6.04. The Morgan fingerprint density at radius 2 is 0.958 bits per heavy atom. The smallest absolute Gasteiger partial charge is 0.0547 e. The van der Waals surface area contributed by atoms with Crippen molar-refractivity contribution in [3.63, 3.8) is 0 Å². The van der Waals surface area contributed by atoms with Gasteiger partial charge >= 0.3 is 0 Å². The Labute approximate surface area is 278 Å². The van der Waals surface area contributed by atoms with Gasteiger partial charge in [-0.1, -0.05) is 127 Å². The number of rotatable bonds is 4. The molecule has 0 N–H and O–H groups in total. The number of hydrogen-bond acceptors (Lipinski definition) is 0. The van der Waals surface area contributed by atoms with Gasteiger partial charge in [0.1, 0.15) is 0 Å². The molecule has 0 saturated heterocycles. The van der Waals surface area contributed by atoms with E-state index < -0.39 is 0 Å².